The van der Waals surface area contributed by atoms with E-state index in [-0.39, 0.29) is 12.0 Å². The van der Waals surface area contributed by atoms with Crippen LogP contribution in [0.5, 0.6) is 0 Å². The maximum absolute atomic E-state index is 12.2. The van der Waals surface area contributed by atoms with E-state index in [1.54, 1.807) is 17.2 Å². The van der Waals surface area contributed by atoms with Crippen LogP contribution in [-0.2, 0) is 0 Å². The molecule has 2 aromatic rings. The third kappa shape index (κ3) is 1.95. The number of hydrogen-bond acceptors (Lipinski definition) is 3. The van der Waals surface area contributed by atoms with E-state index in [4.69, 9.17) is 0 Å². The van der Waals surface area contributed by atoms with E-state index in [9.17, 15) is 9.90 Å². The number of aromatic nitrogens is 1. The molecule has 18 heavy (non-hydrogen) atoms. The molecule has 0 unspecified atom stereocenters. The number of likely N-dealkylation sites (tertiary alicyclic amines) is 1. The molecule has 4 nitrogen and oxygen atoms in total. The van der Waals surface area contributed by atoms with E-state index in [2.05, 4.69) is 4.98 Å². The third-order valence-electron chi connectivity index (χ3n) is 3.30. The van der Waals surface area contributed by atoms with E-state index in [0.29, 0.717) is 25.1 Å². The Kier molecular flexibility index (Phi) is 2.72. The molecule has 0 saturated carbocycles. The first-order chi connectivity index (χ1) is 8.74. The topological polar surface area (TPSA) is 53.4 Å². The van der Waals surface area contributed by atoms with Crippen LogP contribution in [0, 0.1) is 0 Å². The number of amides is 1. The Hall–Kier alpha value is -1.94. The number of β-amino-alcohol motifs (C(OH)–C–C–N with tert-alkyl or cyclic N) is 1. The van der Waals surface area contributed by atoms with Crippen LogP contribution in [0.1, 0.15) is 16.8 Å². The summed E-state index contributed by atoms with van der Waals surface area (Å²) in [6.07, 6.45) is 2.03. The SMILES string of the molecule is O=C(c1ccc2ncccc2c1)N1CC[C@H](O)C1. The number of carbonyl (C=O) groups excluding carboxylic acids is 1. The summed E-state index contributed by atoms with van der Waals surface area (Å²) < 4.78 is 0. The van der Waals surface area contributed by atoms with Crippen molar-refractivity contribution < 1.29 is 9.90 Å². The Morgan fingerprint density at radius 3 is 3.06 bits per heavy atom. The fourth-order valence-corrected chi connectivity index (χ4v) is 2.32. The maximum atomic E-state index is 12.2. The predicted molar refractivity (Wildman–Crippen MR) is 68.3 cm³/mol. The summed E-state index contributed by atoms with van der Waals surface area (Å²) >= 11 is 0. The highest BCUT2D eigenvalue weighted by molar-refractivity contribution is 5.98. The summed E-state index contributed by atoms with van der Waals surface area (Å²) in [6.45, 7) is 1.06. The first-order valence-electron chi connectivity index (χ1n) is 6.06. The zero-order valence-corrected chi connectivity index (χ0v) is 9.91. The minimum atomic E-state index is -0.379. The summed E-state index contributed by atoms with van der Waals surface area (Å²) in [5.41, 5.74) is 1.54. The van der Waals surface area contributed by atoms with Crippen LogP contribution >= 0.6 is 0 Å². The molecule has 1 N–H and O–H groups in total. The van der Waals surface area contributed by atoms with Crippen molar-refractivity contribution in [1.82, 2.24) is 9.88 Å². The Bertz CT molecular complexity index is 597. The lowest BCUT2D eigenvalue weighted by atomic mass is 10.1. The first kappa shape index (κ1) is 11.2. The molecule has 0 radical (unpaired) electrons. The number of aliphatic hydroxyl groups is 1. The molecule has 1 aliphatic rings. The number of carbonyl (C=O) groups is 1. The highest BCUT2D eigenvalue weighted by Crippen LogP contribution is 2.17. The van der Waals surface area contributed by atoms with Gasteiger partial charge in [0.1, 0.15) is 0 Å². The Labute approximate surface area is 105 Å². The van der Waals surface area contributed by atoms with Gasteiger partial charge in [0.05, 0.1) is 11.6 Å². The highest BCUT2D eigenvalue weighted by Gasteiger charge is 2.25. The Morgan fingerprint density at radius 2 is 2.28 bits per heavy atom. The third-order valence-corrected chi connectivity index (χ3v) is 3.30. The van der Waals surface area contributed by atoms with E-state index < -0.39 is 0 Å². The van der Waals surface area contributed by atoms with E-state index in [1.807, 2.05) is 24.3 Å². The molecule has 0 bridgehead atoms. The molecule has 3 rings (SSSR count). The second-order valence-electron chi connectivity index (χ2n) is 4.60. The van der Waals surface area contributed by atoms with Gasteiger partial charge in [0, 0.05) is 30.2 Å². The number of benzene rings is 1. The molecule has 1 fully saturated rings. The fraction of sp³-hybridized carbons (Fsp3) is 0.286. The minimum absolute atomic E-state index is 0.0164. The van der Waals surface area contributed by atoms with Crippen molar-refractivity contribution in [2.24, 2.45) is 0 Å². The lowest BCUT2D eigenvalue weighted by Gasteiger charge is -2.15. The number of hydrogen-bond donors (Lipinski definition) is 1. The van der Waals surface area contributed by atoms with Gasteiger partial charge in [0.25, 0.3) is 5.91 Å². The van der Waals surface area contributed by atoms with Crippen molar-refractivity contribution in [2.45, 2.75) is 12.5 Å². The van der Waals surface area contributed by atoms with Crippen LogP contribution in [-0.4, -0.2) is 40.1 Å². The average molecular weight is 242 g/mol. The fourth-order valence-electron chi connectivity index (χ4n) is 2.32. The number of fused-ring (bicyclic) bond motifs is 1. The molecule has 0 spiro atoms. The van der Waals surface area contributed by atoms with Gasteiger partial charge in [0.15, 0.2) is 0 Å². The molecule has 2 heterocycles. The highest BCUT2D eigenvalue weighted by atomic mass is 16.3. The van der Waals surface area contributed by atoms with Crippen molar-refractivity contribution in [3.05, 3.63) is 42.1 Å². The molecule has 1 aromatic carbocycles. The molecule has 1 saturated heterocycles. The number of aliphatic hydroxyl groups excluding tert-OH is 1. The summed E-state index contributed by atoms with van der Waals surface area (Å²) in [5.74, 6) is -0.0164. The summed E-state index contributed by atoms with van der Waals surface area (Å²) in [5, 5.41) is 10.4. The minimum Gasteiger partial charge on any atom is -0.391 e. The molecule has 92 valence electrons. The van der Waals surface area contributed by atoms with Crippen LogP contribution in [0.4, 0.5) is 0 Å². The summed E-state index contributed by atoms with van der Waals surface area (Å²) in [7, 11) is 0. The van der Waals surface area contributed by atoms with Crippen LogP contribution in [0.3, 0.4) is 0 Å². The van der Waals surface area contributed by atoms with Gasteiger partial charge in [0.2, 0.25) is 0 Å². The van der Waals surface area contributed by atoms with Gasteiger partial charge in [-0.3, -0.25) is 9.78 Å². The zero-order chi connectivity index (χ0) is 12.5. The summed E-state index contributed by atoms with van der Waals surface area (Å²) in [6, 6.07) is 9.31. The normalized spacial score (nSPS) is 19.4. The van der Waals surface area contributed by atoms with Crippen LogP contribution in [0.2, 0.25) is 0 Å². The maximum Gasteiger partial charge on any atom is 0.253 e. The van der Waals surface area contributed by atoms with Crippen molar-refractivity contribution in [3.63, 3.8) is 0 Å². The molecule has 1 aliphatic heterocycles. The van der Waals surface area contributed by atoms with Gasteiger partial charge < -0.3 is 10.0 Å². The first-order valence-corrected chi connectivity index (χ1v) is 6.06. The van der Waals surface area contributed by atoms with Gasteiger partial charge in [-0.15, -0.1) is 0 Å². The molecule has 1 aromatic heterocycles. The largest absolute Gasteiger partial charge is 0.391 e. The van der Waals surface area contributed by atoms with Crippen molar-refractivity contribution >= 4 is 16.8 Å². The zero-order valence-electron chi connectivity index (χ0n) is 9.91. The Balaban J connectivity index is 1.92. The Morgan fingerprint density at radius 1 is 1.39 bits per heavy atom. The molecule has 1 atom stereocenters. The van der Waals surface area contributed by atoms with Crippen LogP contribution in [0.25, 0.3) is 10.9 Å². The van der Waals surface area contributed by atoms with Gasteiger partial charge >= 0.3 is 0 Å². The standard InChI is InChI=1S/C14H14N2O2/c17-12-5-7-16(9-12)14(18)11-3-4-13-10(8-11)2-1-6-15-13/h1-4,6,8,12,17H,5,7,9H2/t12-/m0/s1. The second kappa shape index (κ2) is 4.38. The van der Waals surface area contributed by atoms with Gasteiger partial charge in [-0.05, 0) is 30.7 Å². The predicted octanol–water partition coefficient (Wildman–Crippen LogP) is 1.44. The van der Waals surface area contributed by atoms with Crippen LogP contribution in [0.15, 0.2) is 36.5 Å². The summed E-state index contributed by atoms with van der Waals surface area (Å²) in [4.78, 5) is 18.2. The van der Waals surface area contributed by atoms with Gasteiger partial charge in [-0.1, -0.05) is 6.07 Å². The van der Waals surface area contributed by atoms with Crippen molar-refractivity contribution in [3.8, 4) is 0 Å². The van der Waals surface area contributed by atoms with E-state index >= 15 is 0 Å². The monoisotopic (exact) mass is 242 g/mol. The quantitative estimate of drug-likeness (QED) is 0.823. The smallest absolute Gasteiger partial charge is 0.253 e. The molecule has 1 amide bonds. The average Bonchev–Trinajstić information content (AvgIpc) is 2.84. The molecular formula is C14H14N2O2. The molecule has 4 heteroatoms. The van der Waals surface area contributed by atoms with E-state index in [1.165, 1.54) is 0 Å². The number of nitrogens with zero attached hydrogens (tertiary/aromatic N) is 2. The van der Waals surface area contributed by atoms with Crippen LogP contribution < -0.4 is 0 Å². The van der Waals surface area contributed by atoms with Crippen molar-refractivity contribution in [2.75, 3.05) is 13.1 Å². The lowest BCUT2D eigenvalue weighted by Crippen LogP contribution is -2.29. The van der Waals surface area contributed by atoms with E-state index in [0.717, 1.165) is 10.9 Å². The van der Waals surface area contributed by atoms with Gasteiger partial charge in [-0.2, -0.15) is 0 Å². The van der Waals surface area contributed by atoms with Crippen molar-refractivity contribution in [1.29, 1.82) is 0 Å². The second-order valence-corrected chi connectivity index (χ2v) is 4.60. The van der Waals surface area contributed by atoms with Gasteiger partial charge in [-0.25, -0.2) is 0 Å². The number of pyridine rings is 1. The molecular weight excluding hydrogens is 228 g/mol. The lowest BCUT2D eigenvalue weighted by molar-refractivity contribution is 0.0765. The molecule has 0 aliphatic carbocycles. The number of rotatable bonds is 1.